The van der Waals surface area contributed by atoms with Crippen molar-refractivity contribution in [1.29, 1.82) is 0 Å². The Morgan fingerprint density at radius 2 is 1.68 bits per heavy atom. The van der Waals surface area contributed by atoms with Crippen LogP contribution in [0.4, 0.5) is 0 Å². The number of halogens is 1. The molecule has 0 saturated heterocycles. The number of rotatable bonds is 5. The van der Waals surface area contributed by atoms with Crippen molar-refractivity contribution in [2.75, 3.05) is 0 Å². The molecule has 0 amide bonds. The maximum absolute atomic E-state index is 12.4. The molecule has 0 heterocycles. The monoisotopic (exact) mass is 391 g/mol. The molecule has 1 atom stereocenters. The van der Waals surface area contributed by atoms with Gasteiger partial charge in [0.15, 0.2) is 0 Å². The van der Waals surface area contributed by atoms with Crippen molar-refractivity contribution in [3.8, 4) is 0 Å². The lowest BCUT2D eigenvalue weighted by Gasteiger charge is -2.26. The van der Waals surface area contributed by atoms with E-state index in [0.717, 1.165) is 4.47 Å². The molecule has 0 bridgehead atoms. The Morgan fingerprint density at radius 3 is 2.09 bits per heavy atom. The predicted molar refractivity (Wildman–Crippen MR) is 88.9 cm³/mol. The Hall–Kier alpha value is -0.920. The molecule has 1 aromatic rings. The molecule has 7 heteroatoms. The van der Waals surface area contributed by atoms with Crippen LogP contribution in [0.25, 0.3) is 0 Å². The highest BCUT2D eigenvalue weighted by Crippen LogP contribution is 2.18. The van der Waals surface area contributed by atoms with Crippen LogP contribution in [0.2, 0.25) is 0 Å². The number of sulfonamides is 1. The molecule has 0 aliphatic rings. The van der Waals surface area contributed by atoms with Crippen LogP contribution in [0.1, 0.15) is 34.6 Å². The summed E-state index contributed by atoms with van der Waals surface area (Å²) >= 11 is 3.25. The molecule has 22 heavy (non-hydrogen) atoms. The van der Waals surface area contributed by atoms with E-state index < -0.39 is 27.6 Å². The molecule has 0 unspecified atom stereocenters. The van der Waals surface area contributed by atoms with Gasteiger partial charge in [0.1, 0.15) is 11.6 Å². The van der Waals surface area contributed by atoms with Gasteiger partial charge >= 0.3 is 5.97 Å². The minimum Gasteiger partial charge on any atom is -0.459 e. The first kappa shape index (κ1) is 19.1. The van der Waals surface area contributed by atoms with Gasteiger partial charge in [-0.1, -0.05) is 29.8 Å². The second kappa shape index (κ2) is 7.10. The average molecular weight is 392 g/mol. The predicted octanol–water partition coefficient (Wildman–Crippen LogP) is 3.09. The van der Waals surface area contributed by atoms with E-state index in [4.69, 9.17) is 4.74 Å². The molecule has 0 aliphatic carbocycles. The van der Waals surface area contributed by atoms with E-state index in [0.29, 0.717) is 0 Å². The lowest BCUT2D eigenvalue weighted by atomic mass is 10.1. The van der Waals surface area contributed by atoms with Crippen molar-refractivity contribution in [2.24, 2.45) is 5.92 Å². The van der Waals surface area contributed by atoms with Crippen molar-refractivity contribution in [3.05, 3.63) is 28.7 Å². The Labute approximate surface area is 140 Å². The molecule has 0 saturated carbocycles. The van der Waals surface area contributed by atoms with Crippen molar-refractivity contribution in [1.82, 2.24) is 4.72 Å². The molecule has 1 N–H and O–H groups in total. The van der Waals surface area contributed by atoms with Crippen molar-refractivity contribution in [3.63, 3.8) is 0 Å². The molecule has 124 valence electrons. The Kier molecular flexibility index (Phi) is 6.18. The quantitative estimate of drug-likeness (QED) is 0.782. The van der Waals surface area contributed by atoms with Gasteiger partial charge in [-0.2, -0.15) is 4.72 Å². The summed E-state index contributed by atoms with van der Waals surface area (Å²) in [6, 6.07) is 5.27. The average Bonchev–Trinajstić information content (AvgIpc) is 2.34. The van der Waals surface area contributed by atoms with Crippen LogP contribution in [-0.4, -0.2) is 26.0 Å². The van der Waals surface area contributed by atoms with Gasteiger partial charge in [0.2, 0.25) is 10.0 Å². The molecular formula is C15H22BrNO4S. The van der Waals surface area contributed by atoms with Gasteiger partial charge < -0.3 is 4.74 Å². The van der Waals surface area contributed by atoms with E-state index in [1.165, 1.54) is 12.1 Å². The van der Waals surface area contributed by atoms with E-state index in [-0.39, 0.29) is 10.8 Å². The highest BCUT2D eigenvalue weighted by molar-refractivity contribution is 9.10. The van der Waals surface area contributed by atoms with E-state index >= 15 is 0 Å². The molecule has 0 aliphatic heterocycles. The van der Waals surface area contributed by atoms with E-state index in [1.54, 1.807) is 46.8 Å². The summed E-state index contributed by atoms with van der Waals surface area (Å²) in [7, 11) is -3.79. The van der Waals surface area contributed by atoms with Gasteiger partial charge in [-0.3, -0.25) is 4.79 Å². The molecule has 0 radical (unpaired) electrons. The first-order chi connectivity index (χ1) is 9.92. The minimum atomic E-state index is -3.79. The number of esters is 1. The SMILES string of the molecule is CC(C)[C@@H](NS(=O)(=O)c1ccc(Br)cc1)C(=O)OC(C)(C)C. The zero-order valence-corrected chi connectivity index (χ0v) is 15.8. The van der Waals surface area contributed by atoms with Gasteiger partial charge in [-0.15, -0.1) is 0 Å². The van der Waals surface area contributed by atoms with Gasteiger partial charge in [-0.05, 0) is 51.0 Å². The number of hydrogen-bond donors (Lipinski definition) is 1. The normalized spacial score (nSPS) is 14.0. The molecule has 5 nitrogen and oxygen atoms in total. The van der Waals surface area contributed by atoms with Crippen LogP contribution in [0, 0.1) is 5.92 Å². The smallest absolute Gasteiger partial charge is 0.324 e. The summed E-state index contributed by atoms with van der Waals surface area (Å²) in [5.41, 5.74) is -0.673. The van der Waals surface area contributed by atoms with Crippen molar-refractivity contribution in [2.45, 2.75) is 51.2 Å². The van der Waals surface area contributed by atoms with Gasteiger partial charge in [0.05, 0.1) is 4.90 Å². The van der Waals surface area contributed by atoms with Gasteiger partial charge in [0, 0.05) is 4.47 Å². The third-order valence-corrected chi connectivity index (χ3v) is 4.72. The summed E-state index contributed by atoms with van der Waals surface area (Å²) in [6.07, 6.45) is 0. The lowest BCUT2D eigenvalue weighted by molar-refractivity contribution is -0.158. The third-order valence-electron chi connectivity index (χ3n) is 2.73. The highest BCUT2D eigenvalue weighted by atomic mass is 79.9. The molecule has 0 spiro atoms. The summed E-state index contributed by atoms with van der Waals surface area (Å²) in [5, 5.41) is 0. The summed E-state index contributed by atoms with van der Waals surface area (Å²) in [4.78, 5) is 12.3. The summed E-state index contributed by atoms with van der Waals surface area (Å²) in [6.45, 7) is 8.75. The fraction of sp³-hybridized carbons (Fsp3) is 0.533. The summed E-state index contributed by atoms with van der Waals surface area (Å²) < 4.78 is 33.3. The van der Waals surface area contributed by atoms with E-state index in [2.05, 4.69) is 20.7 Å². The molecule has 0 fully saturated rings. The fourth-order valence-electron chi connectivity index (χ4n) is 1.67. The van der Waals surface area contributed by atoms with Gasteiger partial charge in [0.25, 0.3) is 0 Å². The Balaban J connectivity index is 3.00. The highest BCUT2D eigenvalue weighted by Gasteiger charge is 2.32. The maximum Gasteiger partial charge on any atom is 0.324 e. The van der Waals surface area contributed by atoms with Crippen molar-refractivity contribution >= 4 is 31.9 Å². The van der Waals surface area contributed by atoms with Crippen LogP contribution in [0.5, 0.6) is 0 Å². The van der Waals surface area contributed by atoms with E-state index in [9.17, 15) is 13.2 Å². The van der Waals surface area contributed by atoms with Crippen LogP contribution in [0.15, 0.2) is 33.6 Å². The standard InChI is InChI=1S/C15H22BrNO4S/c1-10(2)13(14(18)21-15(3,4)5)17-22(19,20)12-8-6-11(16)7-9-12/h6-10,13,17H,1-5H3/t13-/m1/s1. The van der Waals surface area contributed by atoms with Crippen LogP contribution in [-0.2, 0) is 19.6 Å². The third kappa shape index (κ3) is 5.70. The lowest BCUT2D eigenvalue weighted by Crippen LogP contribution is -2.47. The summed E-state index contributed by atoms with van der Waals surface area (Å²) in [5.74, 6) is -0.816. The topological polar surface area (TPSA) is 72.5 Å². The zero-order valence-electron chi connectivity index (χ0n) is 13.4. The Bertz CT molecular complexity index is 618. The first-order valence-corrected chi connectivity index (χ1v) is 9.21. The van der Waals surface area contributed by atoms with Crippen LogP contribution >= 0.6 is 15.9 Å². The fourth-order valence-corrected chi connectivity index (χ4v) is 3.27. The zero-order chi connectivity index (χ0) is 17.1. The molecule has 0 aromatic heterocycles. The number of carbonyl (C=O) groups is 1. The second-order valence-corrected chi connectivity index (χ2v) is 8.96. The van der Waals surface area contributed by atoms with E-state index in [1.807, 2.05) is 0 Å². The molecule has 1 aromatic carbocycles. The molecular weight excluding hydrogens is 370 g/mol. The number of hydrogen-bond acceptors (Lipinski definition) is 4. The van der Waals surface area contributed by atoms with Crippen molar-refractivity contribution < 1.29 is 17.9 Å². The van der Waals surface area contributed by atoms with Crippen LogP contribution in [0.3, 0.4) is 0 Å². The van der Waals surface area contributed by atoms with Crippen LogP contribution < -0.4 is 4.72 Å². The minimum absolute atomic E-state index is 0.102. The second-order valence-electron chi connectivity index (χ2n) is 6.33. The molecule has 1 rings (SSSR count). The Morgan fingerprint density at radius 1 is 1.18 bits per heavy atom. The number of nitrogens with one attached hydrogen (secondary N) is 1. The van der Waals surface area contributed by atoms with Gasteiger partial charge in [-0.25, -0.2) is 8.42 Å². The number of benzene rings is 1. The maximum atomic E-state index is 12.4. The first-order valence-electron chi connectivity index (χ1n) is 6.93. The number of ether oxygens (including phenoxy) is 1. The number of carbonyl (C=O) groups excluding carboxylic acids is 1. The largest absolute Gasteiger partial charge is 0.459 e.